The van der Waals surface area contributed by atoms with Gasteiger partial charge in [0, 0.05) is 5.39 Å². The Hall–Kier alpha value is -3.70. The number of nitrogens with zero attached hydrogens (tertiary/aromatic N) is 2. The van der Waals surface area contributed by atoms with Gasteiger partial charge in [0.2, 0.25) is 0 Å². The van der Waals surface area contributed by atoms with Gasteiger partial charge in [-0.05, 0) is 41.6 Å². The molecule has 0 aliphatic rings. The molecule has 0 saturated heterocycles. The highest BCUT2D eigenvalue weighted by atomic mass is 35.5. The highest BCUT2D eigenvalue weighted by Crippen LogP contribution is 2.42. The largest absolute Gasteiger partial charge is 0.505 e. The number of nitrogens with one attached hydrogen (secondary N) is 1. The molecule has 4 aromatic carbocycles. The van der Waals surface area contributed by atoms with Gasteiger partial charge in [0.1, 0.15) is 16.3 Å². The Morgan fingerprint density at radius 3 is 2.42 bits per heavy atom. The number of carbonyl (C=O) groups is 1. The zero-order valence-electron chi connectivity index (χ0n) is 20.1. The molecule has 0 spiro atoms. The van der Waals surface area contributed by atoms with E-state index in [1.807, 2.05) is 0 Å². The Balaban J connectivity index is 1.86. The molecule has 4 rings (SSSR count). The number of azo groups is 1. The minimum Gasteiger partial charge on any atom is -0.505 e. The number of rotatable bonds is 7. The van der Waals surface area contributed by atoms with Crippen molar-refractivity contribution in [3.05, 3.63) is 81.8 Å². The van der Waals surface area contributed by atoms with Crippen molar-refractivity contribution in [1.29, 1.82) is 0 Å². The molecule has 4 aromatic rings. The van der Waals surface area contributed by atoms with E-state index in [2.05, 4.69) is 15.5 Å². The van der Waals surface area contributed by atoms with Gasteiger partial charge in [0.15, 0.2) is 11.5 Å². The predicted octanol–water partition coefficient (Wildman–Crippen LogP) is 7.34. The first kappa shape index (κ1) is 27.3. The van der Waals surface area contributed by atoms with Gasteiger partial charge in [-0.3, -0.25) is 9.35 Å². The number of amides is 1. The van der Waals surface area contributed by atoms with E-state index in [9.17, 15) is 22.9 Å². The zero-order chi connectivity index (χ0) is 27.6. The van der Waals surface area contributed by atoms with Crippen LogP contribution in [0.15, 0.2) is 75.8 Å². The minimum atomic E-state index is -4.62. The van der Waals surface area contributed by atoms with Crippen molar-refractivity contribution in [2.45, 2.75) is 18.2 Å². The number of aromatic hydroxyl groups is 1. The number of hydrogen-bond donors (Lipinski definition) is 3. The second-order valence-corrected chi connectivity index (χ2v) is 10.2. The summed E-state index contributed by atoms with van der Waals surface area (Å²) in [6.45, 7) is 1.81. The monoisotopic (exact) mass is 573 g/mol. The van der Waals surface area contributed by atoms with Crippen molar-refractivity contribution < 1.29 is 27.6 Å². The molecule has 0 unspecified atom stereocenters. The Morgan fingerprint density at radius 1 is 1.03 bits per heavy atom. The van der Waals surface area contributed by atoms with E-state index in [-0.39, 0.29) is 27.7 Å². The third kappa shape index (κ3) is 5.30. The molecular weight excluding hydrogens is 553 g/mol. The second-order valence-electron chi connectivity index (χ2n) is 8.03. The Bertz CT molecular complexity index is 1710. The van der Waals surface area contributed by atoms with Gasteiger partial charge < -0.3 is 15.2 Å². The number of para-hydroxylation sites is 1. The maximum Gasteiger partial charge on any atom is 0.296 e. The lowest BCUT2D eigenvalue weighted by Gasteiger charge is -2.14. The summed E-state index contributed by atoms with van der Waals surface area (Å²) < 4.78 is 38.3. The number of methoxy groups -OCH3 is 1. The number of phenols is 1. The SMILES string of the molecule is CCc1ccc(S(=O)(=O)O)c(Cl)c1N=Nc1c(O)c(C(=O)Nc2cccc(Cl)c2OC)cc2ccccc12. The highest BCUT2D eigenvalue weighted by Gasteiger charge is 2.22. The molecule has 196 valence electrons. The average molecular weight is 574 g/mol. The van der Waals surface area contributed by atoms with E-state index in [4.69, 9.17) is 27.9 Å². The number of fused-ring (bicyclic) bond motifs is 1. The van der Waals surface area contributed by atoms with Gasteiger partial charge in [-0.15, -0.1) is 10.2 Å². The fraction of sp³-hybridized carbons (Fsp3) is 0.115. The van der Waals surface area contributed by atoms with Crippen LogP contribution in [0.1, 0.15) is 22.8 Å². The summed E-state index contributed by atoms with van der Waals surface area (Å²) >= 11 is 12.4. The lowest BCUT2D eigenvalue weighted by Crippen LogP contribution is -2.13. The molecule has 0 radical (unpaired) electrons. The van der Waals surface area contributed by atoms with Crippen LogP contribution in [-0.2, 0) is 16.5 Å². The van der Waals surface area contributed by atoms with Crippen LogP contribution < -0.4 is 10.1 Å². The first-order valence-electron chi connectivity index (χ1n) is 11.2. The van der Waals surface area contributed by atoms with E-state index in [1.54, 1.807) is 49.4 Å². The van der Waals surface area contributed by atoms with E-state index >= 15 is 0 Å². The third-order valence-corrected chi connectivity index (χ3v) is 7.42. The summed E-state index contributed by atoms with van der Waals surface area (Å²) in [7, 11) is -3.21. The second kappa shape index (κ2) is 11.0. The van der Waals surface area contributed by atoms with E-state index in [1.165, 1.54) is 25.3 Å². The van der Waals surface area contributed by atoms with Gasteiger partial charge in [0.05, 0.1) is 28.4 Å². The standard InChI is InChI=1S/C26H21Cl2N3O6S/c1-3-14-11-12-20(38(34,35)36)21(28)22(14)30-31-23-16-8-5-4-7-15(16)13-17(24(23)32)26(33)29-19-10-6-9-18(27)25(19)37-2/h4-13,32H,3H2,1-2H3,(H,29,33)(H,34,35,36). The van der Waals surface area contributed by atoms with Crippen LogP contribution in [0.25, 0.3) is 10.8 Å². The number of hydrogen-bond acceptors (Lipinski definition) is 7. The Morgan fingerprint density at radius 2 is 1.74 bits per heavy atom. The normalized spacial score (nSPS) is 11.7. The summed E-state index contributed by atoms with van der Waals surface area (Å²) in [5.74, 6) is -0.875. The molecule has 3 N–H and O–H groups in total. The summed E-state index contributed by atoms with van der Waals surface area (Å²) in [5.41, 5.74) is 0.709. The van der Waals surface area contributed by atoms with Crippen molar-refractivity contribution in [2.75, 3.05) is 12.4 Å². The molecular formula is C26H21Cl2N3O6S. The van der Waals surface area contributed by atoms with Crippen LogP contribution in [0.3, 0.4) is 0 Å². The summed E-state index contributed by atoms with van der Waals surface area (Å²) in [4.78, 5) is 12.7. The number of halogens is 2. The van der Waals surface area contributed by atoms with Crippen molar-refractivity contribution in [3.63, 3.8) is 0 Å². The molecule has 0 aliphatic heterocycles. The minimum absolute atomic E-state index is 0.00583. The number of benzene rings is 4. The van der Waals surface area contributed by atoms with Crippen molar-refractivity contribution in [1.82, 2.24) is 0 Å². The van der Waals surface area contributed by atoms with Gasteiger partial charge in [-0.2, -0.15) is 8.42 Å². The van der Waals surface area contributed by atoms with Gasteiger partial charge in [-0.25, -0.2) is 0 Å². The molecule has 0 saturated carbocycles. The number of phenolic OH excluding ortho intramolecular Hbond substituents is 1. The molecule has 9 nitrogen and oxygen atoms in total. The van der Waals surface area contributed by atoms with Gasteiger partial charge in [-0.1, -0.05) is 66.5 Å². The van der Waals surface area contributed by atoms with Crippen LogP contribution in [0.2, 0.25) is 10.0 Å². The average Bonchev–Trinajstić information content (AvgIpc) is 2.87. The highest BCUT2D eigenvalue weighted by molar-refractivity contribution is 7.86. The van der Waals surface area contributed by atoms with Crippen molar-refractivity contribution >= 4 is 67.1 Å². The van der Waals surface area contributed by atoms with Crippen LogP contribution >= 0.6 is 23.2 Å². The van der Waals surface area contributed by atoms with Crippen molar-refractivity contribution in [3.8, 4) is 11.5 Å². The molecule has 0 fully saturated rings. The van der Waals surface area contributed by atoms with E-state index in [0.717, 1.165) is 0 Å². The molecule has 0 atom stereocenters. The molecule has 0 aliphatic carbocycles. The molecule has 1 amide bonds. The maximum absolute atomic E-state index is 13.2. The topological polar surface area (TPSA) is 138 Å². The lowest BCUT2D eigenvalue weighted by atomic mass is 10.0. The van der Waals surface area contributed by atoms with Crippen LogP contribution in [0, 0.1) is 0 Å². The van der Waals surface area contributed by atoms with Crippen LogP contribution in [0.5, 0.6) is 11.5 Å². The Kier molecular flexibility index (Phi) is 7.89. The van der Waals surface area contributed by atoms with Gasteiger partial charge in [0.25, 0.3) is 16.0 Å². The van der Waals surface area contributed by atoms with E-state index in [0.29, 0.717) is 33.5 Å². The van der Waals surface area contributed by atoms with Crippen LogP contribution in [0.4, 0.5) is 17.1 Å². The number of aryl methyl sites for hydroxylation is 1. The van der Waals surface area contributed by atoms with Crippen LogP contribution in [-0.4, -0.2) is 31.1 Å². The molecule has 0 aromatic heterocycles. The zero-order valence-corrected chi connectivity index (χ0v) is 22.4. The fourth-order valence-electron chi connectivity index (χ4n) is 3.87. The Labute approximate surface area is 228 Å². The molecule has 0 bridgehead atoms. The number of ether oxygens (including phenoxy) is 1. The molecule has 12 heteroatoms. The molecule has 38 heavy (non-hydrogen) atoms. The number of carbonyl (C=O) groups excluding carboxylic acids is 1. The summed E-state index contributed by atoms with van der Waals surface area (Å²) in [5, 5.41) is 23.2. The quantitative estimate of drug-likeness (QED) is 0.156. The van der Waals surface area contributed by atoms with Crippen molar-refractivity contribution in [2.24, 2.45) is 10.2 Å². The lowest BCUT2D eigenvalue weighted by molar-refractivity contribution is 0.102. The smallest absolute Gasteiger partial charge is 0.296 e. The first-order chi connectivity index (χ1) is 18.1. The first-order valence-corrected chi connectivity index (χ1v) is 13.4. The maximum atomic E-state index is 13.2. The summed E-state index contributed by atoms with van der Waals surface area (Å²) in [6, 6.07) is 15.9. The van der Waals surface area contributed by atoms with Gasteiger partial charge >= 0.3 is 0 Å². The number of anilines is 1. The predicted molar refractivity (Wildman–Crippen MR) is 146 cm³/mol. The fourth-order valence-corrected chi connectivity index (χ4v) is 5.20. The molecule has 0 heterocycles. The summed E-state index contributed by atoms with van der Waals surface area (Å²) in [6.07, 6.45) is 0.427. The third-order valence-electron chi connectivity index (χ3n) is 5.73. The van der Waals surface area contributed by atoms with E-state index < -0.39 is 26.7 Å².